The molecule has 0 aromatic carbocycles. The highest BCUT2D eigenvalue weighted by Gasteiger charge is 2.16. The van der Waals surface area contributed by atoms with Gasteiger partial charge in [0.05, 0.1) is 18.0 Å². The lowest BCUT2D eigenvalue weighted by Crippen LogP contribution is -2.15. The second kappa shape index (κ2) is 6.49. The molecule has 0 bridgehead atoms. The van der Waals surface area contributed by atoms with E-state index in [-0.39, 0.29) is 12.0 Å². The molecule has 21 heavy (non-hydrogen) atoms. The maximum Gasteiger partial charge on any atom is 0.224 e. The number of amides is 1. The maximum absolute atomic E-state index is 11.9. The van der Waals surface area contributed by atoms with Crippen molar-refractivity contribution in [3.63, 3.8) is 0 Å². The Hall–Kier alpha value is -2.21. The van der Waals surface area contributed by atoms with Crippen LogP contribution in [0.25, 0.3) is 5.82 Å². The summed E-state index contributed by atoms with van der Waals surface area (Å²) in [5.41, 5.74) is 0.697. The summed E-state index contributed by atoms with van der Waals surface area (Å²) in [5, 5.41) is 6.96. The zero-order valence-corrected chi connectivity index (χ0v) is 11.7. The molecule has 3 rings (SSSR count). The van der Waals surface area contributed by atoms with Gasteiger partial charge in [-0.1, -0.05) is 0 Å². The lowest BCUT2D eigenvalue weighted by Gasteiger charge is -2.09. The number of nitrogens with one attached hydrogen (secondary N) is 1. The Morgan fingerprint density at radius 2 is 2.43 bits per heavy atom. The Morgan fingerprint density at radius 1 is 1.48 bits per heavy atom. The molecular weight excluding hydrogens is 268 g/mol. The molecule has 0 radical (unpaired) electrons. The molecule has 2 aromatic rings. The Balaban J connectivity index is 1.51. The molecule has 6 nitrogen and oxygen atoms in total. The molecule has 1 fully saturated rings. The number of pyridine rings is 1. The average molecular weight is 286 g/mol. The lowest BCUT2D eigenvalue weighted by atomic mass is 10.1. The summed E-state index contributed by atoms with van der Waals surface area (Å²) in [4.78, 5) is 16.1. The highest BCUT2D eigenvalue weighted by molar-refractivity contribution is 5.90. The topological polar surface area (TPSA) is 69.0 Å². The number of carbonyl (C=O) groups excluding carboxylic acids is 1. The second-order valence-electron chi connectivity index (χ2n) is 5.08. The first kappa shape index (κ1) is 13.8. The summed E-state index contributed by atoms with van der Waals surface area (Å²) in [6, 6.07) is 5.49. The highest BCUT2D eigenvalue weighted by Crippen LogP contribution is 2.17. The normalized spacial score (nSPS) is 17.8. The largest absolute Gasteiger partial charge is 0.378 e. The second-order valence-corrected chi connectivity index (χ2v) is 5.08. The van der Waals surface area contributed by atoms with E-state index in [2.05, 4.69) is 15.4 Å². The van der Waals surface area contributed by atoms with Gasteiger partial charge in [-0.3, -0.25) is 4.79 Å². The Morgan fingerprint density at radius 3 is 3.10 bits per heavy atom. The molecule has 6 heteroatoms. The molecule has 0 spiro atoms. The zero-order chi connectivity index (χ0) is 14.5. The van der Waals surface area contributed by atoms with Crippen LogP contribution in [-0.2, 0) is 9.53 Å². The van der Waals surface area contributed by atoms with Crippen molar-refractivity contribution in [3.05, 3.63) is 36.8 Å². The molecule has 110 valence electrons. The van der Waals surface area contributed by atoms with E-state index in [0.717, 1.165) is 31.7 Å². The van der Waals surface area contributed by atoms with Crippen molar-refractivity contribution in [3.8, 4) is 5.82 Å². The molecule has 1 amide bonds. The van der Waals surface area contributed by atoms with E-state index < -0.39 is 0 Å². The molecule has 3 heterocycles. The van der Waals surface area contributed by atoms with Gasteiger partial charge in [0.15, 0.2) is 5.82 Å². The summed E-state index contributed by atoms with van der Waals surface area (Å²) in [7, 11) is 0. The Labute approximate surface area is 123 Å². The van der Waals surface area contributed by atoms with Crippen LogP contribution in [0.1, 0.15) is 25.7 Å². The number of anilines is 1. The van der Waals surface area contributed by atoms with Gasteiger partial charge < -0.3 is 10.1 Å². The van der Waals surface area contributed by atoms with Crippen molar-refractivity contribution in [1.82, 2.24) is 14.8 Å². The quantitative estimate of drug-likeness (QED) is 0.914. The number of nitrogens with zero attached hydrogens (tertiary/aromatic N) is 3. The first-order valence-corrected chi connectivity index (χ1v) is 7.19. The van der Waals surface area contributed by atoms with Gasteiger partial charge in [0.1, 0.15) is 0 Å². The first-order valence-electron chi connectivity index (χ1n) is 7.19. The van der Waals surface area contributed by atoms with Crippen LogP contribution >= 0.6 is 0 Å². The molecular formula is C15H18N4O2. The van der Waals surface area contributed by atoms with E-state index >= 15 is 0 Å². The van der Waals surface area contributed by atoms with Crippen molar-refractivity contribution in [2.24, 2.45) is 0 Å². The third kappa shape index (κ3) is 3.66. The molecule has 1 aliphatic heterocycles. The van der Waals surface area contributed by atoms with Gasteiger partial charge >= 0.3 is 0 Å². The molecule has 1 saturated heterocycles. The maximum atomic E-state index is 11.9. The minimum atomic E-state index is -0.000797. The van der Waals surface area contributed by atoms with E-state index in [4.69, 9.17) is 4.74 Å². The van der Waals surface area contributed by atoms with Crippen LogP contribution < -0.4 is 5.32 Å². The molecule has 1 atom stereocenters. The summed E-state index contributed by atoms with van der Waals surface area (Å²) in [6.07, 6.45) is 8.83. The van der Waals surface area contributed by atoms with Crippen molar-refractivity contribution in [2.75, 3.05) is 11.9 Å². The van der Waals surface area contributed by atoms with Crippen molar-refractivity contribution in [2.45, 2.75) is 31.8 Å². The van der Waals surface area contributed by atoms with Crippen LogP contribution in [-0.4, -0.2) is 33.4 Å². The SMILES string of the molecule is O=C(CCC1CCCO1)Nc1ccc(-n2cccn2)nc1. The van der Waals surface area contributed by atoms with Crippen LogP contribution in [0.5, 0.6) is 0 Å². The highest BCUT2D eigenvalue weighted by atomic mass is 16.5. The lowest BCUT2D eigenvalue weighted by molar-refractivity contribution is -0.116. The number of aromatic nitrogens is 3. The molecule has 1 unspecified atom stereocenters. The van der Waals surface area contributed by atoms with Crippen LogP contribution in [0.15, 0.2) is 36.8 Å². The molecule has 1 N–H and O–H groups in total. The van der Waals surface area contributed by atoms with Crippen LogP contribution in [0.4, 0.5) is 5.69 Å². The van der Waals surface area contributed by atoms with Gasteiger partial charge in [0, 0.05) is 25.4 Å². The minimum Gasteiger partial charge on any atom is -0.378 e. The summed E-state index contributed by atoms with van der Waals surface area (Å²) < 4.78 is 7.18. The fraction of sp³-hybridized carbons (Fsp3) is 0.400. The van der Waals surface area contributed by atoms with Crippen molar-refractivity contribution >= 4 is 11.6 Å². The standard InChI is InChI=1S/C15H18N4O2/c20-15(7-5-13-3-1-10-21-13)18-12-4-6-14(16-11-12)19-9-2-8-17-19/h2,4,6,8-9,11,13H,1,3,5,7,10H2,(H,18,20). The van der Waals surface area contributed by atoms with Gasteiger partial charge in [-0.2, -0.15) is 5.10 Å². The molecule has 0 aliphatic carbocycles. The van der Waals surface area contributed by atoms with E-state index in [1.165, 1.54) is 0 Å². The monoisotopic (exact) mass is 286 g/mol. The van der Waals surface area contributed by atoms with Gasteiger partial charge in [-0.25, -0.2) is 9.67 Å². The smallest absolute Gasteiger partial charge is 0.224 e. The third-order valence-corrected chi connectivity index (χ3v) is 3.49. The third-order valence-electron chi connectivity index (χ3n) is 3.49. The van der Waals surface area contributed by atoms with Gasteiger partial charge in [0.25, 0.3) is 0 Å². The molecule has 0 saturated carbocycles. The summed E-state index contributed by atoms with van der Waals surface area (Å²) in [5.74, 6) is 0.719. The number of ether oxygens (including phenoxy) is 1. The number of rotatable bonds is 5. The average Bonchev–Trinajstić information content (AvgIpc) is 3.19. The van der Waals surface area contributed by atoms with Crippen LogP contribution in [0.3, 0.4) is 0 Å². The first-order chi connectivity index (χ1) is 10.3. The predicted molar refractivity (Wildman–Crippen MR) is 78.2 cm³/mol. The van der Waals surface area contributed by atoms with Gasteiger partial charge in [0.2, 0.25) is 5.91 Å². The van der Waals surface area contributed by atoms with E-state index in [9.17, 15) is 4.79 Å². The number of carbonyl (C=O) groups is 1. The predicted octanol–water partition coefficient (Wildman–Crippen LogP) is 2.17. The molecule has 2 aromatic heterocycles. The summed E-state index contributed by atoms with van der Waals surface area (Å²) >= 11 is 0. The molecule has 1 aliphatic rings. The van der Waals surface area contributed by atoms with E-state index in [1.54, 1.807) is 17.1 Å². The van der Waals surface area contributed by atoms with Crippen LogP contribution in [0.2, 0.25) is 0 Å². The summed E-state index contributed by atoms with van der Waals surface area (Å²) in [6.45, 7) is 0.824. The number of hydrogen-bond acceptors (Lipinski definition) is 4. The number of hydrogen-bond donors (Lipinski definition) is 1. The zero-order valence-electron chi connectivity index (χ0n) is 11.7. The Kier molecular flexibility index (Phi) is 4.25. The van der Waals surface area contributed by atoms with E-state index in [1.807, 2.05) is 24.4 Å². The van der Waals surface area contributed by atoms with Crippen molar-refractivity contribution in [1.29, 1.82) is 0 Å². The van der Waals surface area contributed by atoms with E-state index in [0.29, 0.717) is 12.1 Å². The van der Waals surface area contributed by atoms with Crippen molar-refractivity contribution < 1.29 is 9.53 Å². The van der Waals surface area contributed by atoms with Crippen LogP contribution in [0, 0.1) is 0 Å². The Bertz CT molecular complexity index is 574. The minimum absolute atomic E-state index is 0.000797. The van der Waals surface area contributed by atoms with Gasteiger partial charge in [-0.05, 0) is 37.5 Å². The van der Waals surface area contributed by atoms with Gasteiger partial charge in [-0.15, -0.1) is 0 Å². The fourth-order valence-corrected chi connectivity index (χ4v) is 2.39. The fourth-order valence-electron chi connectivity index (χ4n) is 2.39.